The van der Waals surface area contributed by atoms with Gasteiger partial charge in [0, 0.05) is 24.5 Å². The van der Waals surface area contributed by atoms with Gasteiger partial charge in [-0.2, -0.15) is 13.2 Å². The van der Waals surface area contributed by atoms with Crippen LogP contribution in [-0.4, -0.2) is 48.0 Å². The van der Waals surface area contributed by atoms with Crippen LogP contribution in [0.25, 0.3) is 0 Å². The topological polar surface area (TPSA) is 72.8 Å². The van der Waals surface area contributed by atoms with Gasteiger partial charge in [0.25, 0.3) is 0 Å². The van der Waals surface area contributed by atoms with Crippen LogP contribution in [0.5, 0.6) is 5.75 Å². The molecule has 0 aromatic heterocycles. The Hall–Kier alpha value is -1.96. The summed E-state index contributed by atoms with van der Waals surface area (Å²) < 4.78 is 31.7. The maximum atomic E-state index is 10.8. The lowest BCUT2D eigenvalue weighted by Crippen LogP contribution is -2.59. The molecule has 2 heterocycles. The minimum atomic E-state index is -5.08. The molecule has 0 unspecified atom stereocenters. The number of phenolic OH excluding ortho intramolecular Hbond substituents is 1. The van der Waals surface area contributed by atoms with Crippen LogP contribution < -0.4 is 10.2 Å². The molecule has 1 saturated carbocycles. The first-order valence-corrected chi connectivity index (χ1v) is 11.4. The number of carbonyl (C=O) groups is 1. The SMILES string of the molecule is O=C(O)C(F)(F)F.Oc1cc2c(cc1N1CCCCC1)C[C@@H]1NCC[C@]23CCCC[C@H]13. The second kappa shape index (κ2) is 8.52. The molecule has 172 valence electrons. The van der Waals surface area contributed by atoms with Crippen LogP contribution in [0.2, 0.25) is 0 Å². The molecular formula is C23H31F3N2O3. The maximum absolute atomic E-state index is 10.8. The lowest BCUT2D eigenvalue weighted by atomic mass is 9.53. The van der Waals surface area contributed by atoms with E-state index in [-0.39, 0.29) is 0 Å². The van der Waals surface area contributed by atoms with Crippen molar-refractivity contribution in [2.24, 2.45) is 5.92 Å². The summed E-state index contributed by atoms with van der Waals surface area (Å²) in [4.78, 5) is 11.3. The van der Waals surface area contributed by atoms with Gasteiger partial charge >= 0.3 is 12.1 Å². The number of anilines is 1. The van der Waals surface area contributed by atoms with Crippen LogP contribution in [-0.2, 0) is 16.6 Å². The quantitative estimate of drug-likeness (QED) is 0.605. The van der Waals surface area contributed by atoms with Gasteiger partial charge in [-0.1, -0.05) is 12.8 Å². The van der Waals surface area contributed by atoms with Crippen molar-refractivity contribution in [3.8, 4) is 5.75 Å². The summed E-state index contributed by atoms with van der Waals surface area (Å²) >= 11 is 0. The Bertz CT molecular complexity index is 819. The molecule has 4 aliphatic rings. The van der Waals surface area contributed by atoms with E-state index in [9.17, 15) is 18.3 Å². The van der Waals surface area contributed by atoms with Crippen LogP contribution in [0, 0.1) is 5.92 Å². The number of carboxylic acids is 1. The molecule has 1 aromatic rings. The highest BCUT2D eigenvalue weighted by Gasteiger charge is 2.51. The second-order valence-corrected chi connectivity index (χ2v) is 9.37. The molecule has 1 aromatic carbocycles. The Morgan fingerprint density at radius 1 is 1.10 bits per heavy atom. The Morgan fingerprint density at radius 3 is 2.48 bits per heavy atom. The van der Waals surface area contributed by atoms with Gasteiger partial charge in [0.15, 0.2) is 0 Å². The van der Waals surface area contributed by atoms with E-state index >= 15 is 0 Å². The van der Waals surface area contributed by atoms with E-state index in [1.165, 1.54) is 62.5 Å². The highest BCUT2D eigenvalue weighted by molar-refractivity contribution is 5.73. The molecule has 0 amide bonds. The summed E-state index contributed by atoms with van der Waals surface area (Å²) in [6.07, 6.45) is 6.61. The van der Waals surface area contributed by atoms with Gasteiger partial charge in [-0.05, 0) is 80.7 Å². The molecule has 0 spiro atoms. The van der Waals surface area contributed by atoms with Gasteiger partial charge in [-0.3, -0.25) is 0 Å². The largest absolute Gasteiger partial charge is 0.506 e. The summed E-state index contributed by atoms with van der Waals surface area (Å²) in [6.45, 7) is 3.35. The van der Waals surface area contributed by atoms with Crippen molar-refractivity contribution in [3.63, 3.8) is 0 Å². The molecule has 0 radical (unpaired) electrons. The molecule has 2 aliphatic heterocycles. The normalized spacial score (nSPS) is 29.8. The second-order valence-electron chi connectivity index (χ2n) is 9.37. The number of carboxylic acid groups (broad SMARTS) is 1. The van der Waals surface area contributed by atoms with Crippen molar-refractivity contribution in [2.75, 3.05) is 24.5 Å². The average molecular weight is 441 g/mol. The van der Waals surface area contributed by atoms with Crippen LogP contribution in [0.4, 0.5) is 18.9 Å². The lowest BCUT2D eigenvalue weighted by molar-refractivity contribution is -0.192. The van der Waals surface area contributed by atoms with Crippen LogP contribution >= 0.6 is 0 Å². The first-order valence-electron chi connectivity index (χ1n) is 11.4. The van der Waals surface area contributed by atoms with E-state index in [0.29, 0.717) is 17.2 Å². The summed E-state index contributed by atoms with van der Waals surface area (Å²) in [5, 5.41) is 21.8. The predicted molar refractivity (Wildman–Crippen MR) is 112 cm³/mol. The minimum absolute atomic E-state index is 0.347. The van der Waals surface area contributed by atoms with Crippen molar-refractivity contribution in [1.29, 1.82) is 0 Å². The molecule has 5 rings (SSSR count). The van der Waals surface area contributed by atoms with E-state index in [4.69, 9.17) is 9.90 Å². The zero-order valence-corrected chi connectivity index (χ0v) is 17.7. The molecule has 3 atom stereocenters. The molecule has 3 fully saturated rings. The first-order chi connectivity index (χ1) is 14.7. The number of nitrogens with one attached hydrogen (secondary N) is 1. The molecule has 31 heavy (non-hydrogen) atoms. The Kier molecular flexibility index (Phi) is 6.12. The summed E-state index contributed by atoms with van der Waals surface area (Å²) in [7, 11) is 0. The van der Waals surface area contributed by atoms with Crippen molar-refractivity contribution < 1.29 is 28.2 Å². The van der Waals surface area contributed by atoms with E-state index < -0.39 is 12.1 Å². The molecule has 2 saturated heterocycles. The monoisotopic (exact) mass is 440 g/mol. The fourth-order valence-electron chi connectivity index (χ4n) is 6.35. The van der Waals surface area contributed by atoms with Gasteiger partial charge in [0.05, 0.1) is 5.69 Å². The molecule has 8 heteroatoms. The third-order valence-electron chi connectivity index (χ3n) is 7.68. The Balaban J connectivity index is 0.000000289. The van der Waals surface area contributed by atoms with Gasteiger partial charge < -0.3 is 20.4 Å². The molecular weight excluding hydrogens is 409 g/mol. The smallest absolute Gasteiger partial charge is 0.490 e. The fraction of sp³-hybridized carbons (Fsp3) is 0.696. The third kappa shape index (κ3) is 4.23. The van der Waals surface area contributed by atoms with Crippen molar-refractivity contribution in [3.05, 3.63) is 23.3 Å². The molecule has 2 bridgehead atoms. The van der Waals surface area contributed by atoms with Crippen molar-refractivity contribution >= 4 is 11.7 Å². The lowest BCUT2D eigenvalue weighted by Gasteiger charge is -2.56. The summed E-state index contributed by atoms with van der Waals surface area (Å²) in [6, 6.07) is 5.19. The number of aromatic hydroxyl groups is 1. The average Bonchev–Trinajstić information content (AvgIpc) is 2.74. The number of fused-ring (bicyclic) bond motifs is 1. The van der Waals surface area contributed by atoms with Gasteiger partial charge in [-0.15, -0.1) is 0 Å². The highest BCUT2D eigenvalue weighted by Crippen LogP contribution is 2.55. The van der Waals surface area contributed by atoms with Gasteiger partial charge in [0.1, 0.15) is 5.75 Å². The van der Waals surface area contributed by atoms with Gasteiger partial charge in [0.2, 0.25) is 0 Å². The van der Waals surface area contributed by atoms with Gasteiger partial charge in [-0.25, -0.2) is 4.79 Å². The highest BCUT2D eigenvalue weighted by atomic mass is 19.4. The summed E-state index contributed by atoms with van der Waals surface area (Å²) in [5.74, 6) is -1.44. The number of rotatable bonds is 1. The van der Waals surface area contributed by atoms with E-state index in [1.54, 1.807) is 0 Å². The number of halogens is 3. The van der Waals surface area contributed by atoms with E-state index in [1.807, 2.05) is 0 Å². The number of phenols is 1. The van der Waals surface area contributed by atoms with Crippen LogP contribution in [0.15, 0.2) is 12.1 Å². The predicted octanol–water partition coefficient (Wildman–Crippen LogP) is 4.36. The number of nitrogens with zero attached hydrogens (tertiary/aromatic N) is 1. The van der Waals surface area contributed by atoms with Crippen LogP contribution in [0.1, 0.15) is 62.5 Å². The fourth-order valence-corrected chi connectivity index (χ4v) is 6.35. The van der Waals surface area contributed by atoms with E-state index in [2.05, 4.69) is 22.3 Å². The number of alkyl halides is 3. The molecule has 3 N–H and O–H groups in total. The number of hydrogen-bond donors (Lipinski definition) is 3. The van der Waals surface area contributed by atoms with Crippen molar-refractivity contribution in [1.82, 2.24) is 5.32 Å². The Morgan fingerprint density at radius 2 is 1.81 bits per heavy atom. The Labute approximate surface area is 180 Å². The first kappa shape index (κ1) is 22.2. The number of aliphatic carboxylic acids is 1. The third-order valence-corrected chi connectivity index (χ3v) is 7.68. The van der Waals surface area contributed by atoms with Crippen LogP contribution in [0.3, 0.4) is 0 Å². The zero-order chi connectivity index (χ0) is 22.2. The standard InChI is InChI=1S/C21H30N2O.C2HF3O2/c24-20-14-17-15(13-19(20)23-10-4-1-5-11-23)12-18-16-6-2-3-7-21(16,17)8-9-22-18;3-2(4,5)1(6)7/h13-14,16,18,22,24H,1-12H2;(H,6,7)/t16-,18+,21+;/m1./s1. The number of hydrogen-bond acceptors (Lipinski definition) is 4. The molecule has 5 nitrogen and oxygen atoms in total. The maximum Gasteiger partial charge on any atom is 0.490 e. The van der Waals surface area contributed by atoms with Crippen molar-refractivity contribution in [2.45, 2.75) is 75.4 Å². The zero-order valence-electron chi connectivity index (χ0n) is 17.7. The van der Waals surface area contributed by atoms with E-state index in [0.717, 1.165) is 37.7 Å². The number of piperidine rings is 2. The minimum Gasteiger partial charge on any atom is -0.506 e. The molecule has 2 aliphatic carbocycles. The number of benzene rings is 1. The summed E-state index contributed by atoms with van der Waals surface area (Å²) in [5.41, 5.74) is 4.46.